The van der Waals surface area contributed by atoms with E-state index < -0.39 is 0 Å². The van der Waals surface area contributed by atoms with Crippen molar-refractivity contribution >= 4 is 29.2 Å². The van der Waals surface area contributed by atoms with Crippen molar-refractivity contribution in [1.82, 2.24) is 9.97 Å². The minimum Gasteiger partial charge on any atom is -0.486 e. The zero-order valence-electron chi connectivity index (χ0n) is 13.4. The number of fused-ring (bicyclic) bond motifs is 1. The maximum atomic E-state index is 12.4. The molecule has 0 spiro atoms. The topological polar surface area (TPSA) is 99.4 Å². The van der Waals surface area contributed by atoms with E-state index in [0.717, 1.165) is 5.69 Å². The van der Waals surface area contributed by atoms with Gasteiger partial charge in [0.15, 0.2) is 16.7 Å². The fourth-order valence-corrected chi connectivity index (χ4v) is 3.03. The van der Waals surface area contributed by atoms with Crippen molar-refractivity contribution in [2.24, 2.45) is 0 Å². The van der Waals surface area contributed by atoms with Gasteiger partial charge < -0.3 is 20.5 Å². The number of aryl methyl sites for hydroxylation is 1. The monoisotopic (exact) mass is 346 g/mol. The predicted molar refractivity (Wildman–Crippen MR) is 92.6 cm³/mol. The molecule has 126 valence electrons. The Labute approximate surface area is 144 Å². The van der Waals surface area contributed by atoms with Gasteiger partial charge >= 0.3 is 0 Å². The van der Waals surface area contributed by atoms with E-state index in [4.69, 9.17) is 15.2 Å². The quantitative estimate of drug-likeness (QED) is 0.647. The van der Waals surface area contributed by atoms with Crippen molar-refractivity contribution in [2.75, 3.05) is 24.3 Å². The highest BCUT2D eigenvalue weighted by molar-refractivity contribution is 8.00. The number of carbonyl (C=O) groups is 1. The fraction of sp³-hybridized carbons (Fsp3) is 0.312. The van der Waals surface area contributed by atoms with Crippen LogP contribution in [0.15, 0.2) is 29.4 Å². The molecule has 3 rings (SSSR count). The van der Waals surface area contributed by atoms with Gasteiger partial charge in [-0.25, -0.2) is 9.97 Å². The van der Waals surface area contributed by atoms with Crippen molar-refractivity contribution in [3.63, 3.8) is 0 Å². The van der Waals surface area contributed by atoms with Crippen LogP contribution in [-0.4, -0.2) is 34.3 Å². The van der Waals surface area contributed by atoms with E-state index in [2.05, 4.69) is 15.3 Å². The molecule has 24 heavy (non-hydrogen) atoms. The van der Waals surface area contributed by atoms with Crippen LogP contribution in [0.25, 0.3) is 0 Å². The Hall–Kier alpha value is -2.48. The molecule has 1 atom stereocenters. The van der Waals surface area contributed by atoms with E-state index in [1.807, 2.05) is 6.92 Å². The molecule has 2 heterocycles. The number of hydrogen-bond acceptors (Lipinski definition) is 7. The van der Waals surface area contributed by atoms with Crippen LogP contribution in [0.4, 0.5) is 11.5 Å². The van der Waals surface area contributed by atoms with Crippen LogP contribution in [0.1, 0.15) is 12.6 Å². The Morgan fingerprint density at radius 2 is 2.00 bits per heavy atom. The number of carbonyl (C=O) groups excluding carboxylic acids is 1. The van der Waals surface area contributed by atoms with E-state index in [-0.39, 0.29) is 11.2 Å². The third-order valence-corrected chi connectivity index (χ3v) is 4.28. The smallest absolute Gasteiger partial charge is 0.237 e. The van der Waals surface area contributed by atoms with E-state index in [1.165, 1.54) is 11.8 Å². The highest BCUT2D eigenvalue weighted by Crippen LogP contribution is 2.33. The van der Waals surface area contributed by atoms with E-state index >= 15 is 0 Å². The molecule has 1 aromatic heterocycles. The fourth-order valence-electron chi connectivity index (χ4n) is 2.19. The third kappa shape index (κ3) is 3.88. The average molecular weight is 346 g/mol. The molecular weight excluding hydrogens is 328 g/mol. The van der Waals surface area contributed by atoms with Crippen LogP contribution < -0.4 is 20.5 Å². The van der Waals surface area contributed by atoms with Crippen LogP contribution in [0.5, 0.6) is 11.5 Å². The molecule has 1 amide bonds. The summed E-state index contributed by atoms with van der Waals surface area (Å²) in [5, 5.41) is 2.97. The zero-order valence-corrected chi connectivity index (χ0v) is 14.2. The predicted octanol–water partition coefficient (Wildman–Crippen LogP) is 2.26. The summed E-state index contributed by atoms with van der Waals surface area (Å²) in [4.78, 5) is 20.8. The Bertz CT molecular complexity index is 749. The Kier molecular flexibility index (Phi) is 4.75. The normalized spacial score (nSPS) is 14.1. The lowest BCUT2D eigenvalue weighted by atomic mass is 10.2. The van der Waals surface area contributed by atoms with E-state index in [9.17, 15) is 4.79 Å². The summed E-state index contributed by atoms with van der Waals surface area (Å²) in [6, 6.07) is 7.01. The van der Waals surface area contributed by atoms with Crippen LogP contribution in [0.2, 0.25) is 0 Å². The van der Waals surface area contributed by atoms with Crippen LogP contribution in [0.3, 0.4) is 0 Å². The largest absolute Gasteiger partial charge is 0.486 e. The average Bonchev–Trinajstić information content (AvgIpc) is 2.53. The first-order chi connectivity index (χ1) is 11.5. The summed E-state index contributed by atoms with van der Waals surface area (Å²) in [7, 11) is 0. The van der Waals surface area contributed by atoms with Gasteiger partial charge in [-0.1, -0.05) is 11.8 Å². The first-order valence-electron chi connectivity index (χ1n) is 7.49. The number of amides is 1. The number of aromatic nitrogens is 2. The van der Waals surface area contributed by atoms with Crippen molar-refractivity contribution in [2.45, 2.75) is 24.3 Å². The maximum absolute atomic E-state index is 12.4. The molecule has 7 nitrogen and oxygen atoms in total. The standard InChI is InChI=1S/C16H18N4O3S/c1-9-7-14(17)20-16(18-9)24-10(2)15(21)19-11-3-4-12-13(8-11)23-6-5-22-12/h3-4,7-8,10H,5-6H2,1-2H3,(H,19,21)(H2,17,18,20). The second-order valence-corrected chi connectivity index (χ2v) is 6.63. The van der Waals surface area contributed by atoms with Gasteiger partial charge in [0.05, 0.1) is 5.25 Å². The Morgan fingerprint density at radius 1 is 1.25 bits per heavy atom. The van der Waals surface area contributed by atoms with Crippen LogP contribution in [-0.2, 0) is 4.79 Å². The minimum atomic E-state index is -0.376. The van der Waals surface area contributed by atoms with Crippen molar-refractivity contribution in [3.05, 3.63) is 30.0 Å². The lowest BCUT2D eigenvalue weighted by Gasteiger charge is -2.19. The number of nitrogens with two attached hydrogens (primary N) is 1. The highest BCUT2D eigenvalue weighted by Gasteiger charge is 2.18. The summed E-state index contributed by atoms with van der Waals surface area (Å²) < 4.78 is 11.0. The molecule has 8 heteroatoms. The molecule has 0 aliphatic carbocycles. The molecule has 1 unspecified atom stereocenters. The lowest BCUT2D eigenvalue weighted by Crippen LogP contribution is -2.23. The van der Waals surface area contributed by atoms with Gasteiger partial charge in [0.2, 0.25) is 5.91 Å². The maximum Gasteiger partial charge on any atom is 0.237 e. The van der Waals surface area contributed by atoms with Crippen molar-refractivity contribution in [1.29, 1.82) is 0 Å². The highest BCUT2D eigenvalue weighted by atomic mass is 32.2. The van der Waals surface area contributed by atoms with Gasteiger partial charge in [0.1, 0.15) is 19.0 Å². The summed E-state index contributed by atoms with van der Waals surface area (Å²) in [5.74, 6) is 1.56. The molecule has 0 radical (unpaired) electrons. The van der Waals surface area contributed by atoms with E-state index in [1.54, 1.807) is 31.2 Å². The van der Waals surface area contributed by atoms with Gasteiger partial charge in [-0.2, -0.15) is 0 Å². The molecule has 0 bridgehead atoms. The number of nitrogens with zero attached hydrogens (tertiary/aromatic N) is 2. The minimum absolute atomic E-state index is 0.152. The number of rotatable bonds is 4. The summed E-state index contributed by atoms with van der Waals surface area (Å²) in [6.45, 7) is 4.66. The number of ether oxygens (including phenoxy) is 2. The summed E-state index contributed by atoms with van der Waals surface area (Å²) in [5.41, 5.74) is 7.13. The lowest BCUT2D eigenvalue weighted by molar-refractivity contribution is -0.115. The first kappa shape index (κ1) is 16.4. The molecule has 0 saturated carbocycles. The number of anilines is 2. The number of nitrogens with one attached hydrogen (secondary N) is 1. The molecule has 0 saturated heterocycles. The number of benzene rings is 1. The first-order valence-corrected chi connectivity index (χ1v) is 8.37. The van der Waals surface area contributed by atoms with Gasteiger partial charge in [-0.3, -0.25) is 4.79 Å². The van der Waals surface area contributed by atoms with Gasteiger partial charge in [0, 0.05) is 23.5 Å². The second kappa shape index (κ2) is 6.96. The number of nitrogen functional groups attached to an aromatic ring is 1. The molecule has 1 aliphatic rings. The molecule has 2 aromatic rings. The Balaban J connectivity index is 1.65. The van der Waals surface area contributed by atoms with Gasteiger partial charge in [-0.15, -0.1) is 0 Å². The second-order valence-electron chi connectivity index (χ2n) is 5.32. The van der Waals surface area contributed by atoms with E-state index in [0.29, 0.717) is 41.4 Å². The summed E-state index contributed by atoms with van der Waals surface area (Å²) in [6.07, 6.45) is 0. The third-order valence-electron chi connectivity index (χ3n) is 3.31. The SMILES string of the molecule is Cc1cc(N)nc(SC(C)C(=O)Nc2ccc3c(c2)OCCO3)n1. The molecular formula is C16H18N4O3S. The van der Waals surface area contributed by atoms with Gasteiger partial charge in [-0.05, 0) is 26.0 Å². The van der Waals surface area contributed by atoms with Crippen molar-refractivity contribution in [3.8, 4) is 11.5 Å². The summed E-state index contributed by atoms with van der Waals surface area (Å²) >= 11 is 1.26. The molecule has 0 fully saturated rings. The number of thioether (sulfide) groups is 1. The number of hydrogen-bond donors (Lipinski definition) is 2. The van der Waals surface area contributed by atoms with Gasteiger partial charge in [0.25, 0.3) is 0 Å². The van der Waals surface area contributed by atoms with Crippen molar-refractivity contribution < 1.29 is 14.3 Å². The Morgan fingerprint density at radius 3 is 2.75 bits per heavy atom. The molecule has 3 N–H and O–H groups in total. The molecule has 1 aromatic carbocycles. The zero-order chi connectivity index (χ0) is 17.1. The van der Waals surface area contributed by atoms with Crippen LogP contribution >= 0.6 is 11.8 Å². The molecule has 1 aliphatic heterocycles. The van der Waals surface area contributed by atoms with Crippen LogP contribution in [0, 0.1) is 6.92 Å².